The summed E-state index contributed by atoms with van der Waals surface area (Å²) in [6.07, 6.45) is 0.783. The molecule has 0 spiro atoms. The van der Waals surface area contributed by atoms with E-state index in [0.717, 1.165) is 11.1 Å². The van der Waals surface area contributed by atoms with Crippen molar-refractivity contribution in [3.8, 4) is 11.5 Å². The fraction of sp³-hybridized carbons (Fsp3) is 0.316. The van der Waals surface area contributed by atoms with E-state index in [-0.39, 0.29) is 17.8 Å². The molecule has 2 rings (SSSR count). The van der Waals surface area contributed by atoms with Gasteiger partial charge in [-0.1, -0.05) is 12.1 Å². The lowest BCUT2D eigenvalue weighted by atomic mass is 10.1. The Labute approximate surface area is 141 Å². The molecule has 0 heterocycles. The lowest BCUT2D eigenvalue weighted by Crippen LogP contribution is -2.27. The minimum atomic E-state index is -0.289. The largest absolute Gasteiger partial charge is 0.497 e. The number of carbonyl (C=O) groups excluding carboxylic acids is 1. The summed E-state index contributed by atoms with van der Waals surface area (Å²) in [5.74, 6) is 0.999. The van der Waals surface area contributed by atoms with Crippen LogP contribution in [0.2, 0.25) is 0 Å². The highest BCUT2D eigenvalue weighted by molar-refractivity contribution is 5.76. The van der Waals surface area contributed by atoms with Gasteiger partial charge in [0.25, 0.3) is 0 Å². The monoisotopic (exact) mass is 331 g/mol. The minimum Gasteiger partial charge on any atom is -0.497 e. The molecule has 0 saturated carbocycles. The molecule has 0 aliphatic rings. The number of halogens is 1. The van der Waals surface area contributed by atoms with Gasteiger partial charge in [0.15, 0.2) is 0 Å². The first-order valence-corrected chi connectivity index (χ1v) is 7.79. The molecule has 0 aromatic heterocycles. The lowest BCUT2D eigenvalue weighted by Gasteiger charge is -2.18. The van der Waals surface area contributed by atoms with E-state index < -0.39 is 0 Å². The van der Waals surface area contributed by atoms with Gasteiger partial charge in [0.05, 0.1) is 20.3 Å². The molecule has 1 N–H and O–H groups in total. The molecule has 0 saturated heterocycles. The van der Waals surface area contributed by atoms with Crippen LogP contribution in [0, 0.1) is 5.82 Å². The maximum atomic E-state index is 13.2. The number of hydrogen-bond donors (Lipinski definition) is 1. The van der Waals surface area contributed by atoms with E-state index in [2.05, 4.69) is 5.32 Å². The third-order valence-electron chi connectivity index (χ3n) is 3.81. The SMILES string of the molecule is COc1ccc(OC)c(C(C)NC(=O)CCc2cccc(F)c2)c1. The quantitative estimate of drug-likeness (QED) is 0.842. The first-order valence-electron chi connectivity index (χ1n) is 7.79. The van der Waals surface area contributed by atoms with Gasteiger partial charge >= 0.3 is 0 Å². The number of nitrogens with one attached hydrogen (secondary N) is 1. The Morgan fingerprint density at radius 1 is 1.17 bits per heavy atom. The summed E-state index contributed by atoms with van der Waals surface area (Å²) in [6, 6.07) is 11.5. The van der Waals surface area contributed by atoms with Gasteiger partial charge in [-0.25, -0.2) is 4.39 Å². The van der Waals surface area contributed by atoms with Crippen LogP contribution in [0.5, 0.6) is 11.5 Å². The maximum Gasteiger partial charge on any atom is 0.220 e. The number of aryl methyl sites for hydroxylation is 1. The van der Waals surface area contributed by atoms with E-state index in [1.807, 2.05) is 25.1 Å². The molecular formula is C19H22FNO3. The zero-order valence-corrected chi connectivity index (χ0v) is 14.1. The van der Waals surface area contributed by atoms with Crippen LogP contribution in [0.15, 0.2) is 42.5 Å². The average Bonchev–Trinajstić information content (AvgIpc) is 2.59. The van der Waals surface area contributed by atoms with Gasteiger partial charge in [0, 0.05) is 12.0 Å². The fourth-order valence-corrected chi connectivity index (χ4v) is 2.52. The Balaban J connectivity index is 1.98. The molecule has 0 fully saturated rings. The minimum absolute atomic E-state index is 0.100. The van der Waals surface area contributed by atoms with Gasteiger partial charge in [0.1, 0.15) is 17.3 Å². The fourth-order valence-electron chi connectivity index (χ4n) is 2.52. The Bertz CT molecular complexity index is 703. The predicted molar refractivity (Wildman–Crippen MR) is 90.8 cm³/mol. The molecule has 0 radical (unpaired) electrons. The first-order chi connectivity index (χ1) is 11.5. The van der Waals surface area contributed by atoms with Crippen molar-refractivity contribution in [2.24, 2.45) is 0 Å². The van der Waals surface area contributed by atoms with Crippen molar-refractivity contribution in [3.63, 3.8) is 0 Å². The number of benzene rings is 2. The molecule has 24 heavy (non-hydrogen) atoms. The second-order valence-electron chi connectivity index (χ2n) is 5.53. The van der Waals surface area contributed by atoms with Crippen LogP contribution in [0.25, 0.3) is 0 Å². The Hall–Kier alpha value is -2.56. The zero-order valence-electron chi connectivity index (χ0n) is 14.1. The zero-order chi connectivity index (χ0) is 17.5. The third kappa shape index (κ3) is 4.72. The molecular weight excluding hydrogens is 309 g/mol. The average molecular weight is 331 g/mol. The Morgan fingerprint density at radius 2 is 1.96 bits per heavy atom. The van der Waals surface area contributed by atoms with Gasteiger partial charge in [-0.05, 0) is 49.2 Å². The van der Waals surface area contributed by atoms with Crippen molar-refractivity contribution in [1.29, 1.82) is 0 Å². The number of methoxy groups -OCH3 is 2. The predicted octanol–water partition coefficient (Wildman–Crippen LogP) is 3.65. The summed E-state index contributed by atoms with van der Waals surface area (Å²) in [6.45, 7) is 1.89. The summed E-state index contributed by atoms with van der Waals surface area (Å²) in [4.78, 5) is 12.2. The number of amides is 1. The molecule has 2 aromatic carbocycles. The molecule has 1 unspecified atom stereocenters. The van der Waals surface area contributed by atoms with Crippen molar-refractivity contribution >= 4 is 5.91 Å². The van der Waals surface area contributed by atoms with Crippen molar-refractivity contribution in [2.75, 3.05) is 14.2 Å². The van der Waals surface area contributed by atoms with Gasteiger partial charge in [-0.2, -0.15) is 0 Å². The van der Waals surface area contributed by atoms with Gasteiger partial charge in [-0.15, -0.1) is 0 Å². The van der Waals surface area contributed by atoms with E-state index in [1.54, 1.807) is 26.4 Å². The van der Waals surface area contributed by atoms with Crippen molar-refractivity contribution < 1.29 is 18.7 Å². The van der Waals surface area contributed by atoms with Crippen molar-refractivity contribution in [2.45, 2.75) is 25.8 Å². The van der Waals surface area contributed by atoms with Crippen molar-refractivity contribution in [3.05, 3.63) is 59.4 Å². The number of carbonyl (C=O) groups is 1. The van der Waals surface area contributed by atoms with Crippen LogP contribution >= 0.6 is 0 Å². The molecule has 2 aromatic rings. The standard InChI is InChI=1S/C19H22FNO3/c1-13(17-12-16(23-2)8-9-18(17)24-3)21-19(22)10-7-14-5-4-6-15(20)11-14/h4-6,8-9,11-13H,7,10H2,1-3H3,(H,21,22). The van der Waals surface area contributed by atoms with Crippen molar-refractivity contribution in [1.82, 2.24) is 5.32 Å². The highest BCUT2D eigenvalue weighted by atomic mass is 19.1. The maximum absolute atomic E-state index is 13.2. The summed E-state index contributed by atoms with van der Waals surface area (Å²) >= 11 is 0. The smallest absolute Gasteiger partial charge is 0.220 e. The molecule has 5 heteroatoms. The lowest BCUT2D eigenvalue weighted by molar-refractivity contribution is -0.121. The topological polar surface area (TPSA) is 47.6 Å². The summed E-state index contributed by atoms with van der Waals surface area (Å²) < 4.78 is 23.7. The van der Waals surface area contributed by atoms with E-state index >= 15 is 0 Å². The number of rotatable bonds is 7. The molecule has 0 bridgehead atoms. The number of ether oxygens (including phenoxy) is 2. The molecule has 4 nitrogen and oxygen atoms in total. The van der Waals surface area contributed by atoms with Crippen LogP contribution in [-0.2, 0) is 11.2 Å². The number of hydrogen-bond acceptors (Lipinski definition) is 3. The van der Waals surface area contributed by atoms with Gasteiger partial charge in [0.2, 0.25) is 5.91 Å². The van der Waals surface area contributed by atoms with Crippen LogP contribution in [0.4, 0.5) is 4.39 Å². The van der Waals surface area contributed by atoms with Crippen LogP contribution in [0.3, 0.4) is 0 Å². The second-order valence-corrected chi connectivity index (χ2v) is 5.53. The summed E-state index contributed by atoms with van der Waals surface area (Å²) in [5, 5.41) is 2.94. The Kier molecular flexibility index (Phi) is 6.18. The highest BCUT2D eigenvalue weighted by Crippen LogP contribution is 2.29. The van der Waals surface area contributed by atoms with E-state index in [1.165, 1.54) is 12.1 Å². The van der Waals surface area contributed by atoms with Crippen LogP contribution in [-0.4, -0.2) is 20.1 Å². The summed E-state index contributed by atoms with van der Waals surface area (Å²) in [5.41, 5.74) is 1.65. The first kappa shape index (κ1) is 17.8. The van der Waals surface area contributed by atoms with E-state index in [0.29, 0.717) is 24.3 Å². The second kappa shape index (κ2) is 8.34. The molecule has 128 valence electrons. The van der Waals surface area contributed by atoms with E-state index in [9.17, 15) is 9.18 Å². The van der Waals surface area contributed by atoms with Crippen LogP contribution < -0.4 is 14.8 Å². The molecule has 1 atom stereocenters. The highest BCUT2D eigenvalue weighted by Gasteiger charge is 2.15. The molecule has 0 aliphatic carbocycles. The Morgan fingerprint density at radius 3 is 2.62 bits per heavy atom. The van der Waals surface area contributed by atoms with E-state index in [4.69, 9.17) is 9.47 Å². The van der Waals surface area contributed by atoms with Gasteiger partial charge < -0.3 is 14.8 Å². The molecule has 0 aliphatic heterocycles. The third-order valence-corrected chi connectivity index (χ3v) is 3.81. The normalized spacial score (nSPS) is 11.7. The van der Waals surface area contributed by atoms with Crippen LogP contribution in [0.1, 0.15) is 30.5 Å². The van der Waals surface area contributed by atoms with Gasteiger partial charge in [-0.3, -0.25) is 4.79 Å². The molecule has 1 amide bonds. The summed E-state index contributed by atoms with van der Waals surface area (Å²) in [7, 11) is 3.18.